The highest BCUT2D eigenvalue weighted by molar-refractivity contribution is 7.89. The van der Waals surface area contributed by atoms with Crippen LogP contribution in [0.5, 0.6) is 5.75 Å². The number of methoxy groups -OCH3 is 1. The van der Waals surface area contributed by atoms with E-state index in [9.17, 15) is 18.0 Å². The Morgan fingerprint density at radius 3 is 2.31 bits per heavy atom. The number of ether oxygens (including phenoxy) is 1. The van der Waals surface area contributed by atoms with Gasteiger partial charge >= 0.3 is 6.03 Å². The maximum atomic E-state index is 12.8. The van der Waals surface area contributed by atoms with Gasteiger partial charge in [0, 0.05) is 38.6 Å². The maximum Gasteiger partial charge on any atom is 0.322 e. The van der Waals surface area contributed by atoms with Gasteiger partial charge in [0.25, 0.3) is 0 Å². The van der Waals surface area contributed by atoms with Crippen LogP contribution in [0, 0.1) is 5.92 Å². The summed E-state index contributed by atoms with van der Waals surface area (Å²) in [4.78, 5) is 28.9. The van der Waals surface area contributed by atoms with E-state index in [0.717, 1.165) is 25.7 Å². The average Bonchev–Trinajstić information content (AvgIpc) is 3.44. The van der Waals surface area contributed by atoms with E-state index in [1.54, 1.807) is 4.90 Å². The topological polar surface area (TPSA) is 108 Å². The predicted octanol–water partition coefficient (Wildman–Crippen LogP) is 2.39. The first-order valence-corrected chi connectivity index (χ1v) is 12.9. The van der Waals surface area contributed by atoms with Gasteiger partial charge in [-0.25, -0.2) is 17.9 Å². The lowest BCUT2D eigenvalue weighted by Crippen LogP contribution is -2.51. The molecule has 0 bridgehead atoms. The normalized spacial score (nSPS) is 19.8. The zero-order valence-electron chi connectivity index (χ0n) is 18.5. The number of anilines is 1. The minimum Gasteiger partial charge on any atom is -0.495 e. The Morgan fingerprint density at radius 2 is 1.69 bits per heavy atom. The molecule has 1 aromatic rings. The summed E-state index contributed by atoms with van der Waals surface area (Å²) in [5.41, 5.74) is 0.302. The van der Waals surface area contributed by atoms with Gasteiger partial charge in [0.15, 0.2) is 0 Å². The van der Waals surface area contributed by atoms with E-state index < -0.39 is 10.0 Å². The number of carbonyl (C=O) groups excluding carboxylic acids is 2. The van der Waals surface area contributed by atoms with Crippen molar-refractivity contribution in [2.75, 3.05) is 38.6 Å². The quantitative estimate of drug-likeness (QED) is 0.644. The summed E-state index contributed by atoms with van der Waals surface area (Å²) in [5.74, 6) is 1.07. The van der Waals surface area contributed by atoms with Crippen molar-refractivity contribution in [1.29, 1.82) is 0 Å². The molecule has 176 valence electrons. The number of hydrogen-bond donors (Lipinski definition) is 2. The van der Waals surface area contributed by atoms with Gasteiger partial charge in [0.05, 0.1) is 17.7 Å². The zero-order valence-corrected chi connectivity index (χ0v) is 19.3. The number of hydrogen-bond acceptors (Lipinski definition) is 5. The summed E-state index contributed by atoms with van der Waals surface area (Å²) in [7, 11) is -2.18. The second-order valence-electron chi connectivity index (χ2n) is 8.91. The largest absolute Gasteiger partial charge is 0.495 e. The molecule has 2 aliphatic carbocycles. The first kappa shape index (κ1) is 22.8. The lowest BCUT2D eigenvalue weighted by Gasteiger charge is -2.35. The molecule has 0 aromatic heterocycles. The summed E-state index contributed by atoms with van der Waals surface area (Å²) < 4.78 is 33.0. The number of carbonyl (C=O) groups is 2. The number of urea groups is 1. The van der Waals surface area contributed by atoms with E-state index in [1.165, 1.54) is 38.2 Å². The Balaban J connectivity index is 1.35. The Morgan fingerprint density at radius 1 is 1.03 bits per heavy atom. The molecule has 0 atom stereocenters. The van der Waals surface area contributed by atoms with Crippen molar-refractivity contribution < 1.29 is 22.7 Å². The number of rotatable bonds is 7. The van der Waals surface area contributed by atoms with Gasteiger partial charge in [-0.1, -0.05) is 12.8 Å². The van der Waals surface area contributed by atoms with E-state index in [0.29, 0.717) is 50.0 Å². The van der Waals surface area contributed by atoms with Crippen LogP contribution < -0.4 is 14.8 Å². The summed E-state index contributed by atoms with van der Waals surface area (Å²) in [6.45, 7) is 1.89. The van der Waals surface area contributed by atoms with Crippen LogP contribution in [0.2, 0.25) is 0 Å². The van der Waals surface area contributed by atoms with Crippen LogP contribution in [0.4, 0.5) is 10.5 Å². The molecule has 2 saturated carbocycles. The third-order valence-corrected chi connectivity index (χ3v) is 8.00. The SMILES string of the molecule is COc1ccc(S(=O)(=O)NC2CC2)cc1NC(=O)N1CCN(C(=O)CC2CCCC2)CC1. The molecule has 3 fully saturated rings. The number of nitrogens with zero attached hydrogens (tertiary/aromatic N) is 2. The van der Waals surface area contributed by atoms with Crippen LogP contribution >= 0.6 is 0 Å². The highest BCUT2D eigenvalue weighted by Gasteiger charge is 2.30. The molecule has 10 heteroatoms. The average molecular weight is 465 g/mol. The number of amides is 3. The molecular formula is C22H32N4O5S. The van der Waals surface area contributed by atoms with Crippen LogP contribution in [-0.2, 0) is 14.8 Å². The Hall–Kier alpha value is -2.33. The van der Waals surface area contributed by atoms with Crippen molar-refractivity contribution in [2.45, 2.75) is 55.9 Å². The fourth-order valence-electron chi connectivity index (χ4n) is 4.38. The third kappa shape index (κ3) is 5.53. The number of nitrogens with one attached hydrogen (secondary N) is 2. The van der Waals surface area contributed by atoms with Gasteiger partial charge in [0.2, 0.25) is 15.9 Å². The van der Waals surface area contributed by atoms with Crippen molar-refractivity contribution in [1.82, 2.24) is 14.5 Å². The lowest BCUT2D eigenvalue weighted by atomic mass is 10.0. The number of piperazine rings is 1. The molecule has 0 unspecified atom stereocenters. The Kier molecular flexibility index (Phi) is 6.90. The van der Waals surface area contributed by atoms with Crippen LogP contribution in [0.3, 0.4) is 0 Å². The number of benzene rings is 1. The van der Waals surface area contributed by atoms with E-state index in [-0.39, 0.29) is 22.9 Å². The molecule has 0 radical (unpaired) electrons. The van der Waals surface area contributed by atoms with Crippen molar-refractivity contribution >= 4 is 27.6 Å². The van der Waals surface area contributed by atoms with Gasteiger partial charge < -0.3 is 19.9 Å². The van der Waals surface area contributed by atoms with Crippen LogP contribution in [0.15, 0.2) is 23.1 Å². The van der Waals surface area contributed by atoms with E-state index in [4.69, 9.17) is 4.74 Å². The van der Waals surface area contributed by atoms with Crippen molar-refractivity contribution in [3.8, 4) is 5.75 Å². The summed E-state index contributed by atoms with van der Waals surface area (Å²) in [6.07, 6.45) is 7.01. The molecule has 1 heterocycles. The second-order valence-corrected chi connectivity index (χ2v) is 10.6. The lowest BCUT2D eigenvalue weighted by molar-refractivity contribution is -0.133. The molecule has 2 N–H and O–H groups in total. The van der Waals surface area contributed by atoms with E-state index >= 15 is 0 Å². The zero-order chi connectivity index (χ0) is 22.7. The molecule has 3 aliphatic rings. The van der Waals surface area contributed by atoms with Gasteiger partial charge in [-0.3, -0.25) is 4.79 Å². The van der Waals surface area contributed by atoms with Crippen LogP contribution in [-0.4, -0.2) is 69.5 Å². The standard InChI is InChI=1S/C22H32N4O5S/c1-31-20-9-8-18(32(29,30)24-17-6-7-17)15-19(20)23-22(28)26-12-10-25(11-13-26)21(27)14-16-4-2-3-5-16/h8-9,15-17,24H,2-7,10-14H2,1H3,(H,23,28). The second kappa shape index (κ2) is 9.66. The monoisotopic (exact) mass is 464 g/mol. The molecule has 3 amide bonds. The Labute approximate surface area is 189 Å². The van der Waals surface area contributed by atoms with Crippen molar-refractivity contribution in [3.63, 3.8) is 0 Å². The summed E-state index contributed by atoms with van der Waals surface area (Å²) in [6, 6.07) is 4.08. The minimum atomic E-state index is -3.65. The van der Waals surface area contributed by atoms with Crippen LogP contribution in [0.25, 0.3) is 0 Å². The van der Waals surface area contributed by atoms with Gasteiger partial charge in [-0.15, -0.1) is 0 Å². The minimum absolute atomic E-state index is 0.00665. The predicted molar refractivity (Wildman–Crippen MR) is 120 cm³/mol. The summed E-state index contributed by atoms with van der Waals surface area (Å²) in [5, 5.41) is 2.78. The first-order chi connectivity index (χ1) is 15.4. The molecule has 0 spiro atoms. The highest BCUT2D eigenvalue weighted by atomic mass is 32.2. The molecular weight excluding hydrogens is 432 g/mol. The summed E-state index contributed by atoms with van der Waals surface area (Å²) >= 11 is 0. The van der Waals surface area contributed by atoms with Gasteiger partial charge in [-0.05, 0) is 49.8 Å². The van der Waals surface area contributed by atoms with Gasteiger partial charge in [0.1, 0.15) is 5.75 Å². The Bertz CT molecular complexity index is 949. The molecule has 32 heavy (non-hydrogen) atoms. The van der Waals surface area contributed by atoms with E-state index in [2.05, 4.69) is 10.0 Å². The molecule has 1 aromatic carbocycles. The van der Waals surface area contributed by atoms with E-state index in [1.807, 2.05) is 4.90 Å². The molecule has 1 saturated heterocycles. The van der Waals surface area contributed by atoms with Gasteiger partial charge in [-0.2, -0.15) is 0 Å². The third-order valence-electron chi connectivity index (χ3n) is 6.48. The maximum absolute atomic E-state index is 12.8. The van der Waals surface area contributed by atoms with Crippen LogP contribution in [0.1, 0.15) is 44.9 Å². The molecule has 4 rings (SSSR count). The first-order valence-electron chi connectivity index (χ1n) is 11.4. The highest BCUT2D eigenvalue weighted by Crippen LogP contribution is 2.30. The fraction of sp³-hybridized carbons (Fsp3) is 0.636. The smallest absolute Gasteiger partial charge is 0.322 e. The molecule has 1 aliphatic heterocycles. The fourth-order valence-corrected chi connectivity index (χ4v) is 5.72. The van der Waals surface area contributed by atoms with Crippen molar-refractivity contribution in [2.24, 2.45) is 5.92 Å². The molecule has 9 nitrogen and oxygen atoms in total. The number of sulfonamides is 1. The van der Waals surface area contributed by atoms with Crippen molar-refractivity contribution in [3.05, 3.63) is 18.2 Å².